The van der Waals surface area contributed by atoms with E-state index in [9.17, 15) is 18.0 Å². The number of carbonyl (C=O) groups is 1. The number of hydrogen-bond donors (Lipinski definition) is 0. The quantitative estimate of drug-likeness (QED) is 0.738. The molecule has 1 aliphatic heterocycles. The van der Waals surface area contributed by atoms with Gasteiger partial charge in [-0.2, -0.15) is 13.2 Å². The Morgan fingerprint density at radius 3 is 2.32 bits per heavy atom. The van der Waals surface area contributed by atoms with Gasteiger partial charge in [0.25, 0.3) is 0 Å². The van der Waals surface area contributed by atoms with Gasteiger partial charge in [0.2, 0.25) is 5.91 Å². The van der Waals surface area contributed by atoms with Crippen molar-refractivity contribution in [2.75, 3.05) is 38.2 Å². The SMILES string of the molecule is COc1ccc(/C=C/C(=O)N2CCN(c3cccc(C(F)(F)F)c3)CC2)cc1. The smallest absolute Gasteiger partial charge is 0.416 e. The molecule has 0 aromatic heterocycles. The average Bonchev–Trinajstić information content (AvgIpc) is 2.72. The fourth-order valence-corrected chi connectivity index (χ4v) is 3.05. The molecular formula is C21H21F3N2O2. The van der Waals surface area contributed by atoms with Crippen LogP contribution in [0, 0.1) is 0 Å². The Morgan fingerprint density at radius 1 is 1.04 bits per heavy atom. The zero-order valence-electron chi connectivity index (χ0n) is 15.4. The largest absolute Gasteiger partial charge is 0.497 e. The number of piperazine rings is 1. The molecule has 2 aromatic rings. The highest BCUT2D eigenvalue weighted by Gasteiger charge is 2.31. The Morgan fingerprint density at radius 2 is 1.71 bits per heavy atom. The van der Waals surface area contributed by atoms with E-state index in [2.05, 4.69) is 0 Å². The van der Waals surface area contributed by atoms with Crippen LogP contribution in [0.5, 0.6) is 5.75 Å². The van der Waals surface area contributed by atoms with E-state index in [1.165, 1.54) is 12.1 Å². The van der Waals surface area contributed by atoms with Gasteiger partial charge >= 0.3 is 6.18 Å². The summed E-state index contributed by atoms with van der Waals surface area (Å²) in [5, 5.41) is 0. The van der Waals surface area contributed by atoms with Crippen molar-refractivity contribution in [1.29, 1.82) is 0 Å². The molecule has 0 saturated carbocycles. The number of methoxy groups -OCH3 is 1. The number of nitrogens with zero attached hydrogens (tertiary/aromatic N) is 2. The van der Waals surface area contributed by atoms with Crippen molar-refractivity contribution in [1.82, 2.24) is 4.90 Å². The molecule has 4 nitrogen and oxygen atoms in total. The van der Waals surface area contributed by atoms with Gasteiger partial charge in [0, 0.05) is 37.9 Å². The normalized spacial score (nSPS) is 15.1. The topological polar surface area (TPSA) is 32.8 Å². The van der Waals surface area contributed by atoms with Crippen LogP contribution in [0.15, 0.2) is 54.6 Å². The highest BCUT2D eigenvalue weighted by molar-refractivity contribution is 5.92. The number of amides is 1. The van der Waals surface area contributed by atoms with E-state index >= 15 is 0 Å². The van der Waals surface area contributed by atoms with Gasteiger partial charge in [0.1, 0.15) is 5.75 Å². The van der Waals surface area contributed by atoms with Crippen LogP contribution >= 0.6 is 0 Å². The standard InChI is InChI=1S/C21H21F3N2O2/c1-28-19-8-5-16(6-9-19)7-10-20(27)26-13-11-25(12-14-26)18-4-2-3-17(15-18)21(22,23)24/h2-10,15H,11-14H2,1H3/b10-7+. The molecule has 0 spiro atoms. The second-order valence-corrected chi connectivity index (χ2v) is 6.47. The van der Waals surface area contributed by atoms with Crippen molar-refractivity contribution < 1.29 is 22.7 Å². The number of benzene rings is 2. The summed E-state index contributed by atoms with van der Waals surface area (Å²) in [5.41, 5.74) is 0.749. The van der Waals surface area contributed by atoms with E-state index in [0.29, 0.717) is 31.9 Å². The molecule has 28 heavy (non-hydrogen) atoms. The molecule has 1 saturated heterocycles. The highest BCUT2D eigenvalue weighted by atomic mass is 19.4. The number of halogens is 3. The van der Waals surface area contributed by atoms with Gasteiger partial charge in [-0.3, -0.25) is 4.79 Å². The maximum atomic E-state index is 12.9. The molecule has 1 aliphatic rings. The second-order valence-electron chi connectivity index (χ2n) is 6.47. The lowest BCUT2D eigenvalue weighted by Crippen LogP contribution is -2.48. The third kappa shape index (κ3) is 4.85. The van der Waals surface area contributed by atoms with E-state index in [4.69, 9.17) is 4.74 Å². The van der Waals surface area contributed by atoms with E-state index in [1.807, 2.05) is 29.2 Å². The first kappa shape index (κ1) is 19.8. The Bertz CT molecular complexity index is 839. The molecule has 0 aliphatic carbocycles. The summed E-state index contributed by atoms with van der Waals surface area (Å²) < 4.78 is 43.7. The zero-order chi connectivity index (χ0) is 20.1. The van der Waals surface area contributed by atoms with E-state index in [0.717, 1.165) is 23.4 Å². The van der Waals surface area contributed by atoms with Crippen molar-refractivity contribution >= 4 is 17.7 Å². The van der Waals surface area contributed by atoms with Crippen LogP contribution in [-0.2, 0) is 11.0 Å². The summed E-state index contributed by atoms with van der Waals surface area (Å²) in [6.45, 7) is 1.90. The number of ether oxygens (including phenoxy) is 1. The van der Waals surface area contributed by atoms with Crippen LogP contribution in [0.25, 0.3) is 6.08 Å². The fourth-order valence-electron chi connectivity index (χ4n) is 3.05. The molecule has 0 N–H and O–H groups in total. The molecule has 1 heterocycles. The molecule has 7 heteroatoms. The molecule has 0 atom stereocenters. The molecule has 3 rings (SSSR count). The van der Waals surface area contributed by atoms with Crippen LogP contribution in [-0.4, -0.2) is 44.1 Å². The molecule has 0 unspecified atom stereocenters. The Labute approximate surface area is 161 Å². The summed E-state index contributed by atoms with van der Waals surface area (Å²) in [5.74, 6) is 0.633. The number of anilines is 1. The lowest BCUT2D eigenvalue weighted by molar-refractivity contribution is -0.137. The van der Waals surface area contributed by atoms with Crippen LogP contribution in [0.3, 0.4) is 0 Å². The molecular weight excluding hydrogens is 369 g/mol. The molecule has 0 radical (unpaired) electrons. The summed E-state index contributed by atoms with van der Waals surface area (Å²) in [6, 6.07) is 12.6. The van der Waals surface area contributed by atoms with Gasteiger partial charge in [-0.1, -0.05) is 18.2 Å². The summed E-state index contributed by atoms with van der Waals surface area (Å²) in [7, 11) is 1.59. The molecule has 1 fully saturated rings. The Kier molecular flexibility index (Phi) is 5.92. The van der Waals surface area contributed by atoms with Crippen LogP contribution in [0.1, 0.15) is 11.1 Å². The Balaban J connectivity index is 1.57. The Hall–Kier alpha value is -2.96. The highest BCUT2D eigenvalue weighted by Crippen LogP contribution is 2.31. The minimum atomic E-state index is -4.36. The third-order valence-corrected chi connectivity index (χ3v) is 4.66. The first-order valence-electron chi connectivity index (χ1n) is 8.90. The van der Waals surface area contributed by atoms with Crippen LogP contribution in [0.2, 0.25) is 0 Å². The van der Waals surface area contributed by atoms with Crippen molar-refractivity contribution in [2.24, 2.45) is 0 Å². The third-order valence-electron chi connectivity index (χ3n) is 4.66. The predicted octanol–water partition coefficient (Wildman–Crippen LogP) is 4.08. The van der Waals surface area contributed by atoms with Crippen molar-refractivity contribution in [3.05, 3.63) is 65.7 Å². The van der Waals surface area contributed by atoms with Crippen molar-refractivity contribution in [3.63, 3.8) is 0 Å². The minimum Gasteiger partial charge on any atom is -0.497 e. The lowest BCUT2D eigenvalue weighted by Gasteiger charge is -2.35. The molecule has 1 amide bonds. The number of carbonyl (C=O) groups excluding carboxylic acids is 1. The van der Waals surface area contributed by atoms with Crippen molar-refractivity contribution in [2.45, 2.75) is 6.18 Å². The minimum absolute atomic E-state index is 0.112. The van der Waals surface area contributed by atoms with E-state index in [-0.39, 0.29) is 5.91 Å². The lowest BCUT2D eigenvalue weighted by atomic mass is 10.1. The average molecular weight is 390 g/mol. The second kappa shape index (κ2) is 8.37. The predicted molar refractivity (Wildman–Crippen MR) is 102 cm³/mol. The fraction of sp³-hybridized carbons (Fsp3) is 0.286. The van der Waals surface area contributed by atoms with Gasteiger partial charge in [0.15, 0.2) is 0 Å². The maximum absolute atomic E-state index is 12.9. The van der Waals surface area contributed by atoms with Gasteiger partial charge < -0.3 is 14.5 Å². The number of rotatable bonds is 4. The van der Waals surface area contributed by atoms with Gasteiger partial charge in [-0.15, -0.1) is 0 Å². The maximum Gasteiger partial charge on any atom is 0.416 e. The van der Waals surface area contributed by atoms with E-state index < -0.39 is 11.7 Å². The zero-order valence-corrected chi connectivity index (χ0v) is 15.4. The molecule has 2 aromatic carbocycles. The molecule has 0 bridgehead atoms. The van der Waals surface area contributed by atoms with E-state index in [1.54, 1.807) is 24.2 Å². The number of hydrogen-bond acceptors (Lipinski definition) is 3. The summed E-state index contributed by atoms with van der Waals surface area (Å²) in [6.07, 6.45) is -1.11. The monoisotopic (exact) mass is 390 g/mol. The van der Waals surface area contributed by atoms with Crippen LogP contribution < -0.4 is 9.64 Å². The van der Waals surface area contributed by atoms with Gasteiger partial charge in [-0.25, -0.2) is 0 Å². The van der Waals surface area contributed by atoms with Gasteiger partial charge in [-0.05, 0) is 42.0 Å². The summed E-state index contributed by atoms with van der Waals surface area (Å²) >= 11 is 0. The molecule has 148 valence electrons. The summed E-state index contributed by atoms with van der Waals surface area (Å²) in [4.78, 5) is 15.9. The van der Waals surface area contributed by atoms with Crippen LogP contribution in [0.4, 0.5) is 18.9 Å². The first-order valence-corrected chi connectivity index (χ1v) is 8.90. The van der Waals surface area contributed by atoms with Gasteiger partial charge in [0.05, 0.1) is 12.7 Å². The number of alkyl halides is 3. The first-order chi connectivity index (χ1) is 13.4. The van der Waals surface area contributed by atoms with Crippen molar-refractivity contribution in [3.8, 4) is 5.75 Å².